The zero-order chi connectivity index (χ0) is 17.2. The molecule has 0 radical (unpaired) electrons. The summed E-state index contributed by atoms with van der Waals surface area (Å²) in [4.78, 5) is 11.4. The van der Waals surface area contributed by atoms with Crippen LogP contribution in [0.2, 0.25) is 0 Å². The highest BCUT2D eigenvalue weighted by Gasteiger charge is 2.27. The minimum absolute atomic E-state index is 0.404. The number of nitrogens with zero attached hydrogens (tertiary/aromatic N) is 5. The van der Waals surface area contributed by atoms with E-state index in [4.69, 9.17) is 9.72 Å². The van der Waals surface area contributed by atoms with E-state index < -0.39 is 0 Å². The zero-order valence-electron chi connectivity index (χ0n) is 14.5. The third kappa shape index (κ3) is 3.07. The van der Waals surface area contributed by atoms with Gasteiger partial charge in [0.1, 0.15) is 5.82 Å². The fourth-order valence-corrected chi connectivity index (χ4v) is 3.36. The first-order valence-electron chi connectivity index (χ1n) is 8.47. The van der Waals surface area contributed by atoms with Gasteiger partial charge in [0.15, 0.2) is 5.82 Å². The summed E-state index contributed by atoms with van der Waals surface area (Å²) in [6.45, 7) is 3.91. The SMILES string of the molecule is COc1ncccc1C1CCN(c2cccc(-n3cc(C)cn3)n2)C1. The molecule has 0 bridgehead atoms. The van der Waals surface area contributed by atoms with Gasteiger partial charge in [-0.15, -0.1) is 0 Å². The molecule has 3 aromatic rings. The van der Waals surface area contributed by atoms with Crippen LogP contribution in [-0.4, -0.2) is 39.9 Å². The lowest BCUT2D eigenvalue weighted by Gasteiger charge is -2.19. The van der Waals surface area contributed by atoms with E-state index in [0.29, 0.717) is 5.92 Å². The number of aryl methyl sites for hydroxylation is 1. The number of ether oxygens (including phenoxy) is 1. The lowest BCUT2D eigenvalue weighted by atomic mass is 10.00. The van der Waals surface area contributed by atoms with E-state index in [0.717, 1.165) is 42.6 Å². The van der Waals surface area contributed by atoms with Crippen molar-refractivity contribution in [2.24, 2.45) is 0 Å². The lowest BCUT2D eigenvalue weighted by Crippen LogP contribution is -2.21. The lowest BCUT2D eigenvalue weighted by molar-refractivity contribution is 0.389. The van der Waals surface area contributed by atoms with Crippen molar-refractivity contribution in [3.05, 3.63) is 60.0 Å². The molecule has 4 rings (SSSR count). The van der Waals surface area contributed by atoms with Crippen molar-refractivity contribution in [1.29, 1.82) is 0 Å². The molecule has 128 valence electrons. The van der Waals surface area contributed by atoms with Gasteiger partial charge in [-0.05, 0) is 37.1 Å². The van der Waals surface area contributed by atoms with Gasteiger partial charge in [-0.1, -0.05) is 12.1 Å². The van der Waals surface area contributed by atoms with E-state index in [9.17, 15) is 0 Å². The minimum Gasteiger partial charge on any atom is -0.481 e. The minimum atomic E-state index is 0.404. The van der Waals surface area contributed by atoms with Crippen LogP contribution < -0.4 is 9.64 Å². The quantitative estimate of drug-likeness (QED) is 0.734. The summed E-state index contributed by atoms with van der Waals surface area (Å²) >= 11 is 0. The standard InChI is InChI=1S/C19H21N5O/c1-14-11-21-24(12-14)18-7-3-6-17(22-18)23-10-8-15(13-23)16-5-4-9-20-19(16)25-2/h3-7,9,11-12,15H,8,10,13H2,1-2H3. The van der Waals surface area contributed by atoms with Crippen LogP contribution in [0, 0.1) is 6.92 Å². The van der Waals surface area contributed by atoms with Crippen LogP contribution >= 0.6 is 0 Å². The molecule has 1 atom stereocenters. The molecular weight excluding hydrogens is 314 g/mol. The van der Waals surface area contributed by atoms with Crippen LogP contribution in [-0.2, 0) is 0 Å². The first-order valence-corrected chi connectivity index (χ1v) is 8.47. The van der Waals surface area contributed by atoms with E-state index in [2.05, 4.69) is 27.1 Å². The smallest absolute Gasteiger partial charge is 0.216 e. The normalized spacial score (nSPS) is 17.0. The number of anilines is 1. The van der Waals surface area contributed by atoms with Crippen molar-refractivity contribution in [2.45, 2.75) is 19.3 Å². The second-order valence-corrected chi connectivity index (χ2v) is 6.35. The Labute approximate surface area is 147 Å². The molecule has 0 spiro atoms. The predicted molar refractivity (Wildman–Crippen MR) is 96.5 cm³/mol. The highest BCUT2D eigenvalue weighted by molar-refractivity contribution is 5.45. The van der Waals surface area contributed by atoms with Gasteiger partial charge in [0.05, 0.1) is 13.3 Å². The molecule has 0 saturated carbocycles. The number of rotatable bonds is 4. The Bertz CT molecular complexity index is 876. The third-order valence-corrected chi connectivity index (χ3v) is 4.61. The summed E-state index contributed by atoms with van der Waals surface area (Å²) in [7, 11) is 1.68. The number of hydrogen-bond acceptors (Lipinski definition) is 5. The first-order chi connectivity index (χ1) is 12.2. The maximum atomic E-state index is 5.42. The van der Waals surface area contributed by atoms with Crippen molar-refractivity contribution in [1.82, 2.24) is 19.7 Å². The van der Waals surface area contributed by atoms with Crippen molar-refractivity contribution < 1.29 is 4.74 Å². The fourth-order valence-electron chi connectivity index (χ4n) is 3.36. The van der Waals surface area contributed by atoms with E-state index >= 15 is 0 Å². The molecule has 4 heterocycles. The molecule has 1 fully saturated rings. The van der Waals surface area contributed by atoms with Crippen LogP contribution in [0.3, 0.4) is 0 Å². The zero-order valence-corrected chi connectivity index (χ0v) is 14.5. The molecule has 0 aliphatic carbocycles. The summed E-state index contributed by atoms with van der Waals surface area (Å²) in [6.07, 6.45) is 6.66. The Kier molecular flexibility index (Phi) is 4.09. The van der Waals surface area contributed by atoms with Crippen LogP contribution in [0.5, 0.6) is 5.88 Å². The van der Waals surface area contributed by atoms with Crippen LogP contribution in [0.25, 0.3) is 5.82 Å². The maximum absolute atomic E-state index is 5.42. The van der Waals surface area contributed by atoms with Crippen molar-refractivity contribution >= 4 is 5.82 Å². The average molecular weight is 335 g/mol. The molecule has 0 aromatic carbocycles. The predicted octanol–water partition coefficient (Wildman–Crippen LogP) is 2.97. The van der Waals surface area contributed by atoms with E-state index in [-0.39, 0.29) is 0 Å². The molecule has 6 heteroatoms. The largest absolute Gasteiger partial charge is 0.481 e. The Balaban J connectivity index is 1.56. The van der Waals surface area contributed by atoms with Gasteiger partial charge in [-0.2, -0.15) is 5.10 Å². The molecule has 0 amide bonds. The molecular formula is C19H21N5O. The summed E-state index contributed by atoms with van der Waals surface area (Å²) in [5.41, 5.74) is 2.29. The van der Waals surface area contributed by atoms with Crippen molar-refractivity contribution in [3.8, 4) is 11.7 Å². The van der Waals surface area contributed by atoms with Gasteiger partial charge in [0.2, 0.25) is 5.88 Å². The Morgan fingerprint density at radius 3 is 2.84 bits per heavy atom. The first kappa shape index (κ1) is 15.6. The van der Waals surface area contributed by atoms with Crippen molar-refractivity contribution in [2.75, 3.05) is 25.1 Å². The Morgan fingerprint density at radius 2 is 2.04 bits per heavy atom. The van der Waals surface area contributed by atoms with Gasteiger partial charge in [0.25, 0.3) is 0 Å². The fraction of sp³-hybridized carbons (Fsp3) is 0.316. The second kappa shape index (κ2) is 6.55. The summed E-state index contributed by atoms with van der Waals surface area (Å²) < 4.78 is 7.24. The van der Waals surface area contributed by atoms with E-state index in [1.807, 2.05) is 42.2 Å². The highest BCUT2D eigenvalue weighted by Crippen LogP contribution is 2.33. The number of hydrogen-bond donors (Lipinski definition) is 0. The van der Waals surface area contributed by atoms with Gasteiger partial charge in [-0.25, -0.2) is 14.6 Å². The second-order valence-electron chi connectivity index (χ2n) is 6.35. The molecule has 6 nitrogen and oxygen atoms in total. The Morgan fingerprint density at radius 1 is 1.16 bits per heavy atom. The average Bonchev–Trinajstić information content (AvgIpc) is 3.31. The molecule has 25 heavy (non-hydrogen) atoms. The van der Waals surface area contributed by atoms with Crippen molar-refractivity contribution in [3.63, 3.8) is 0 Å². The van der Waals surface area contributed by atoms with Gasteiger partial charge < -0.3 is 9.64 Å². The molecule has 1 aliphatic rings. The maximum Gasteiger partial charge on any atom is 0.216 e. The van der Waals surface area contributed by atoms with Gasteiger partial charge >= 0.3 is 0 Å². The number of pyridine rings is 2. The third-order valence-electron chi connectivity index (χ3n) is 4.61. The molecule has 1 unspecified atom stereocenters. The molecule has 1 aliphatic heterocycles. The Hall–Kier alpha value is -2.89. The van der Waals surface area contributed by atoms with E-state index in [1.165, 1.54) is 5.56 Å². The summed E-state index contributed by atoms with van der Waals surface area (Å²) in [5, 5.41) is 4.35. The molecule has 3 aromatic heterocycles. The van der Waals surface area contributed by atoms with Crippen LogP contribution in [0.4, 0.5) is 5.82 Å². The highest BCUT2D eigenvalue weighted by atomic mass is 16.5. The summed E-state index contributed by atoms with van der Waals surface area (Å²) in [5.74, 6) is 2.95. The monoisotopic (exact) mass is 335 g/mol. The van der Waals surface area contributed by atoms with Crippen LogP contribution in [0.1, 0.15) is 23.5 Å². The summed E-state index contributed by atoms with van der Waals surface area (Å²) in [6, 6.07) is 10.2. The van der Waals surface area contributed by atoms with Gasteiger partial charge in [0, 0.05) is 37.0 Å². The number of methoxy groups -OCH3 is 1. The van der Waals surface area contributed by atoms with Crippen LogP contribution in [0.15, 0.2) is 48.9 Å². The topological polar surface area (TPSA) is 56.1 Å². The number of aromatic nitrogens is 4. The molecule has 0 N–H and O–H groups in total. The van der Waals surface area contributed by atoms with E-state index in [1.54, 1.807) is 13.3 Å². The van der Waals surface area contributed by atoms with Gasteiger partial charge in [-0.3, -0.25) is 0 Å². The molecule has 1 saturated heterocycles.